The van der Waals surface area contributed by atoms with Crippen molar-refractivity contribution in [2.24, 2.45) is 4.99 Å². The van der Waals surface area contributed by atoms with Gasteiger partial charge in [-0.15, -0.1) is 0 Å². The third kappa shape index (κ3) is 3.78. The minimum atomic E-state index is -0.474. The normalized spacial score (nSPS) is 17.5. The van der Waals surface area contributed by atoms with Gasteiger partial charge in [0.05, 0.1) is 29.7 Å². The molecule has 4 aromatic rings. The number of aliphatic imine (C=N–C) groups is 1. The smallest absolute Gasteiger partial charge is 0.252 e. The first-order chi connectivity index (χ1) is 15.2. The summed E-state index contributed by atoms with van der Waals surface area (Å²) in [6, 6.07) is 28.9. The molecule has 1 atom stereocenters. The van der Waals surface area contributed by atoms with E-state index in [0.29, 0.717) is 10.9 Å². The van der Waals surface area contributed by atoms with Crippen LogP contribution in [0.25, 0.3) is 10.9 Å². The van der Waals surface area contributed by atoms with Crippen LogP contribution < -0.4 is 9.64 Å². The van der Waals surface area contributed by atoms with Gasteiger partial charge in [-0.05, 0) is 36.4 Å². The number of amidine groups is 1. The third-order valence-electron chi connectivity index (χ3n) is 5.04. The summed E-state index contributed by atoms with van der Waals surface area (Å²) in [6.07, 6.45) is 0. The van der Waals surface area contributed by atoms with Crippen LogP contribution in [0.2, 0.25) is 0 Å². The number of rotatable bonds is 4. The van der Waals surface area contributed by atoms with Crippen LogP contribution in [0.5, 0.6) is 5.75 Å². The Morgan fingerprint density at radius 1 is 0.935 bits per heavy atom. The van der Waals surface area contributed by atoms with Crippen molar-refractivity contribution in [3.05, 3.63) is 96.7 Å². The van der Waals surface area contributed by atoms with Crippen LogP contribution in [0, 0.1) is 0 Å². The molecule has 1 aromatic heterocycles. The van der Waals surface area contributed by atoms with E-state index in [-0.39, 0.29) is 5.91 Å². The number of aromatic nitrogens is 1. The lowest BCUT2D eigenvalue weighted by Gasteiger charge is -2.17. The second-order valence-electron chi connectivity index (χ2n) is 7.03. The molecule has 6 heteroatoms. The monoisotopic (exact) mass is 425 g/mol. The fourth-order valence-electron chi connectivity index (χ4n) is 3.51. The van der Waals surface area contributed by atoms with Crippen LogP contribution >= 0.6 is 11.8 Å². The zero-order chi connectivity index (χ0) is 21.2. The molecule has 1 saturated heterocycles. The number of anilines is 1. The number of hydrogen-bond donors (Lipinski definition) is 0. The van der Waals surface area contributed by atoms with Gasteiger partial charge in [0.25, 0.3) is 5.91 Å². The number of nitrogens with zero attached hydrogens (tertiary/aromatic N) is 3. The molecule has 0 spiro atoms. The van der Waals surface area contributed by atoms with Crippen LogP contribution in [0.1, 0.15) is 10.9 Å². The maximum atomic E-state index is 13.6. The molecule has 1 unspecified atom stereocenters. The van der Waals surface area contributed by atoms with Gasteiger partial charge in [0, 0.05) is 11.5 Å². The van der Waals surface area contributed by atoms with Crippen molar-refractivity contribution in [1.82, 2.24) is 4.98 Å². The Labute approximate surface area is 184 Å². The lowest BCUT2D eigenvalue weighted by Crippen LogP contribution is -2.30. The second-order valence-corrected chi connectivity index (χ2v) is 8.10. The summed E-state index contributed by atoms with van der Waals surface area (Å²) in [5.41, 5.74) is 3.10. The van der Waals surface area contributed by atoms with E-state index >= 15 is 0 Å². The number of amides is 1. The number of para-hydroxylation sites is 2. The lowest BCUT2D eigenvalue weighted by atomic mass is 10.1. The van der Waals surface area contributed by atoms with Crippen molar-refractivity contribution in [3.8, 4) is 5.75 Å². The van der Waals surface area contributed by atoms with E-state index in [1.54, 1.807) is 12.0 Å². The third-order valence-corrected chi connectivity index (χ3v) is 6.20. The minimum absolute atomic E-state index is 0.0734. The highest BCUT2D eigenvalue weighted by atomic mass is 32.2. The molecule has 0 saturated carbocycles. The van der Waals surface area contributed by atoms with Crippen molar-refractivity contribution >= 4 is 45.1 Å². The molecule has 0 radical (unpaired) electrons. The predicted octanol–water partition coefficient (Wildman–Crippen LogP) is 5.75. The van der Waals surface area contributed by atoms with Crippen molar-refractivity contribution in [2.75, 3.05) is 12.0 Å². The predicted molar refractivity (Wildman–Crippen MR) is 126 cm³/mol. The van der Waals surface area contributed by atoms with E-state index in [4.69, 9.17) is 14.7 Å². The topological polar surface area (TPSA) is 54.8 Å². The van der Waals surface area contributed by atoms with Crippen molar-refractivity contribution in [2.45, 2.75) is 5.25 Å². The van der Waals surface area contributed by atoms with E-state index < -0.39 is 5.25 Å². The highest BCUT2D eigenvalue weighted by Gasteiger charge is 2.41. The first-order valence-electron chi connectivity index (χ1n) is 9.87. The van der Waals surface area contributed by atoms with Crippen molar-refractivity contribution in [1.29, 1.82) is 0 Å². The Bertz CT molecular complexity index is 1290. The molecule has 0 N–H and O–H groups in total. The number of ether oxygens (including phenoxy) is 1. The number of carbonyl (C=O) groups is 1. The zero-order valence-corrected chi connectivity index (χ0v) is 17.6. The summed E-state index contributed by atoms with van der Waals surface area (Å²) >= 11 is 1.41. The quantitative estimate of drug-likeness (QED) is 0.418. The zero-order valence-electron chi connectivity index (χ0n) is 16.8. The summed E-state index contributed by atoms with van der Waals surface area (Å²) < 4.78 is 5.37. The van der Waals surface area contributed by atoms with Gasteiger partial charge in [0.2, 0.25) is 0 Å². The fourth-order valence-corrected chi connectivity index (χ4v) is 4.64. The number of methoxy groups -OCH3 is 1. The molecule has 5 rings (SSSR count). The second kappa shape index (κ2) is 8.24. The van der Waals surface area contributed by atoms with Crippen LogP contribution in [0.4, 0.5) is 11.4 Å². The van der Waals surface area contributed by atoms with E-state index in [2.05, 4.69) is 0 Å². The first kappa shape index (κ1) is 19.3. The number of hydrogen-bond acceptors (Lipinski definition) is 5. The molecule has 2 heterocycles. The Morgan fingerprint density at radius 3 is 2.58 bits per heavy atom. The molecule has 3 aromatic carbocycles. The largest absolute Gasteiger partial charge is 0.497 e. The number of benzene rings is 3. The van der Waals surface area contributed by atoms with Gasteiger partial charge in [-0.3, -0.25) is 14.7 Å². The molecule has 0 aliphatic carbocycles. The Balaban J connectivity index is 1.59. The van der Waals surface area contributed by atoms with Crippen molar-refractivity contribution < 1.29 is 9.53 Å². The van der Waals surface area contributed by atoms with Crippen LogP contribution in [0.3, 0.4) is 0 Å². The van der Waals surface area contributed by atoms with E-state index in [1.807, 2.05) is 91.0 Å². The van der Waals surface area contributed by atoms with Crippen LogP contribution in [-0.2, 0) is 4.79 Å². The summed E-state index contributed by atoms with van der Waals surface area (Å²) in [5.74, 6) is 0.609. The molecular weight excluding hydrogens is 406 g/mol. The number of fused-ring (bicyclic) bond motifs is 1. The molecule has 0 bridgehead atoms. The van der Waals surface area contributed by atoms with Gasteiger partial charge in [-0.1, -0.05) is 60.3 Å². The summed E-state index contributed by atoms with van der Waals surface area (Å²) in [6.45, 7) is 0. The first-order valence-corrected chi connectivity index (χ1v) is 10.7. The molecule has 1 aliphatic rings. The van der Waals surface area contributed by atoms with Gasteiger partial charge in [0.15, 0.2) is 5.17 Å². The highest BCUT2D eigenvalue weighted by Crippen LogP contribution is 2.42. The van der Waals surface area contributed by atoms with Gasteiger partial charge >= 0.3 is 0 Å². The lowest BCUT2D eigenvalue weighted by molar-refractivity contribution is -0.117. The number of carbonyl (C=O) groups excluding carboxylic acids is 1. The fraction of sp³-hybridized carbons (Fsp3) is 0.0800. The SMILES string of the molecule is COc1cccc(N2C(=O)C(c3ccc4ccccc4n3)SC2=Nc2ccccc2)c1. The minimum Gasteiger partial charge on any atom is -0.497 e. The average molecular weight is 426 g/mol. The van der Waals surface area contributed by atoms with Crippen LogP contribution in [-0.4, -0.2) is 23.2 Å². The molecular formula is C25H19N3O2S. The van der Waals surface area contributed by atoms with Crippen molar-refractivity contribution in [3.63, 3.8) is 0 Å². The standard InChI is InChI=1S/C25H19N3O2S/c1-30-20-12-7-11-19(16-20)28-24(29)23(31-25(28)26-18-9-3-2-4-10-18)22-15-14-17-8-5-6-13-21(17)27-22/h2-16,23H,1H3. The molecule has 152 valence electrons. The van der Waals surface area contributed by atoms with Gasteiger partial charge in [-0.25, -0.2) is 4.99 Å². The molecule has 1 aliphatic heterocycles. The highest BCUT2D eigenvalue weighted by molar-refractivity contribution is 8.15. The summed E-state index contributed by atoms with van der Waals surface area (Å²) in [7, 11) is 1.61. The maximum Gasteiger partial charge on any atom is 0.252 e. The molecule has 1 amide bonds. The number of pyridine rings is 1. The maximum absolute atomic E-state index is 13.6. The Kier molecular flexibility index (Phi) is 5.14. The molecule has 1 fully saturated rings. The van der Waals surface area contributed by atoms with Gasteiger partial charge in [-0.2, -0.15) is 0 Å². The molecule has 31 heavy (non-hydrogen) atoms. The van der Waals surface area contributed by atoms with E-state index in [9.17, 15) is 4.79 Å². The molecule has 5 nitrogen and oxygen atoms in total. The van der Waals surface area contributed by atoms with Crippen LogP contribution in [0.15, 0.2) is 96.0 Å². The number of thioether (sulfide) groups is 1. The van der Waals surface area contributed by atoms with Gasteiger partial charge < -0.3 is 4.74 Å². The van der Waals surface area contributed by atoms with E-state index in [0.717, 1.165) is 28.0 Å². The Morgan fingerprint density at radius 2 is 1.74 bits per heavy atom. The Hall–Kier alpha value is -3.64. The summed E-state index contributed by atoms with van der Waals surface area (Å²) in [4.78, 5) is 24.8. The van der Waals surface area contributed by atoms with Gasteiger partial charge in [0.1, 0.15) is 11.0 Å². The van der Waals surface area contributed by atoms with E-state index in [1.165, 1.54) is 11.8 Å². The average Bonchev–Trinajstić information content (AvgIpc) is 3.15. The summed E-state index contributed by atoms with van der Waals surface area (Å²) in [5, 5.41) is 1.19.